The van der Waals surface area contributed by atoms with Gasteiger partial charge in [0.25, 0.3) is 0 Å². The van der Waals surface area contributed by atoms with E-state index < -0.39 is 0 Å². The summed E-state index contributed by atoms with van der Waals surface area (Å²) in [5.41, 5.74) is 1.11. The van der Waals surface area contributed by atoms with Crippen molar-refractivity contribution in [2.24, 2.45) is 10.8 Å². The van der Waals surface area contributed by atoms with Gasteiger partial charge in [-0.05, 0) is 42.2 Å². The zero-order valence-corrected chi connectivity index (χ0v) is 17.7. The van der Waals surface area contributed by atoms with E-state index in [0.29, 0.717) is 17.1 Å². The number of morpholine rings is 1. The van der Waals surface area contributed by atoms with Crippen LogP contribution in [-0.2, 0) is 9.53 Å². The zero-order chi connectivity index (χ0) is 21.1. The third kappa shape index (κ3) is 3.23. The number of aryl methyl sites for hydroxylation is 1. The van der Waals surface area contributed by atoms with E-state index in [9.17, 15) is 4.79 Å². The van der Waals surface area contributed by atoms with Gasteiger partial charge in [-0.3, -0.25) is 9.69 Å². The van der Waals surface area contributed by atoms with E-state index in [-0.39, 0.29) is 11.3 Å². The predicted octanol–water partition coefficient (Wildman–Crippen LogP) is 3.64. The first-order valence-electron chi connectivity index (χ1n) is 11.0. The lowest BCUT2D eigenvalue weighted by molar-refractivity contribution is -0.211. The van der Waals surface area contributed by atoms with Gasteiger partial charge in [-0.15, -0.1) is 0 Å². The first-order valence-corrected chi connectivity index (χ1v) is 11.0. The topological polar surface area (TPSA) is 80.5 Å². The van der Waals surface area contributed by atoms with Crippen LogP contribution in [0, 0.1) is 17.8 Å². The summed E-state index contributed by atoms with van der Waals surface area (Å²) in [6.45, 7) is 6.61. The molecule has 1 N–H and O–H groups in total. The number of rotatable bonds is 5. The molecule has 2 aromatic heterocycles. The number of benzene rings is 1. The van der Waals surface area contributed by atoms with Crippen LogP contribution in [0.2, 0.25) is 0 Å². The highest BCUT2D eigenvalue weighted by molar-refractivity contribution is 5.98. The fraction of sp³-hybridized carbons (Fsp3) is 0.458. The fourth-order valence-electron chi connectivity index (χ4n) is 5.75. The minimum absolute atomic E-state index is 0.116. The predicted molar refractivity (Wildman–Crippen MR) is 117 cm³/mol. The van der Waals surface area contributed by atoms with Gasteiger partial charge in [0.05, 0.1) is 24.8 Å². The van der Waals surface area contributed by atoms with Crippen LogP contribution in [0.3, 0.4) is 0 Å². The number of anilines is 1. The number of nitrogens with zero attached hydrogens (tertiary/aromatic N) is 3. The number of ether oxygens (including phenoxy) is 1. The summed E-state index contributed by atoms with van der Waals surface area (Å²) in [5.74, 6) is 2.10. The fourth-order valence-corrected chi connectivity index (χ4v) is 5.75. The largest absolute Gasteiger partial charge is 0.441 e. The van der Waals surface area contributed by atoms with Gasteiger partial charge in [-0.2, -0.15) is 0 Å². The number of carbonyl (C=O) groups excluding carboxylic acids is 1. The van der Waals surface area contributed by atoms with Gasteiger partial charge in [0.2, 0.25) is 5.91 Å². The van der Waals surface area contributed by atoms with E-state index in [2.05, 4.69) is 20.2 Å². The molecule has 4 aliphatic rings. The molecule has 7 heteroatoms. The number of hydrogen-bond acceptors (Lipinski definition) is 6. The van der Waals surface area contributed by atoms with Gasteiger partial charge in [0.15, 0.2) is 11.7 Å². The molecule has 0 radical (unpaired) electrons. The molecule has 1 saturated heterocycles. The summed E-state index contributed by atoms with van der Waals surface area (Å²) in [5, 5.41) is 5.11. The van der Waals surface area contributed by atoms with Crippen LogP contribution in [-0.4, -0.2) is 53.6 Å². The normalized spacial score (nSPS) is 27.5. The van der Waals surface area contributed by atoms with E-state index in [0.717, 1.165) is 74.2 Å². The molecular formula is C24H26N4O3. The summed E-state index contributed by atoms with van der Waals surface area (Å²) < 4.78 is 11.1. The van der Waals surface area contributed by atoms with Crippen molar-refractivity contribution < 1.29 is 13.9 Å². The molecule has 0 unspecified atom stereocenters. The Morgan fingerprint density at radius 1 is 1.10 bits per heavy atom. The highest BCUT2D eigenvalue weighted by Gasteiger charge is 2.71. The molecule has 4 fully saturated rings. The van der Waals surface area contributed by atoms with Crippen LogP contribution in [0.15, 0.2) is 41.1 Å². The van der Waals surface area contributed by atoms with E-state index in [1.54, 1.807) is 6.20 Å². The molecule has 0 atom stereocenters. The summed E-state index contributed by atoms with van der Waals surface area (Å²) in [7, 11) is 0. The smallest absolute Gasteiger partial charge is 0.231 e. The van der Waals surface area contributed by atoms with Crippen LogP contribution < -0.4 is 5.32 Å². The summed E-state index contributed by atoms with van der Waals surface area (Å²) in [6.07, 6.45) is 6.52. The Balaban J connectivity index is 1.14. The van der Waals surface area contributed by atoms with Crippen LogP contribution in [0.4, 0.5) is 5.82 Å². The molecule has 3 saturated carbocycles. The Morgan fingerprint density at radius 3 is 2.65 bits per heavy atom. The molecule has 1 aliphatic heterocycles. The molecule has 3 heterocycles. The maximum Gasteiger partial charge on any atom is 0.231 e. The number of carbonyl (C=O) groups is 1. The quantitative estimate of drug-likeness (QED) is 0.681. The number of nitrogens with one attached hydrogen (secondary N) is 1. The molecule has 160 valence electrons. The van der Waals surface area contributed by atoms with Crippen LogP contribution in [0.1, 0.15) is 25.2 Å². The Labute approximate surface area is 180 Å². The Hall–Kier alpha value is -2.77. The lowest BCUT2D eigenvalue weighted by Crippen LogP contribution is -2.70. The molecule has 1 aromatic carbocycles. The molecular weight excluding hydrogens is 392 g/mol. The van der Waals surface area contributed by atoms with Crippen molar-refractivity contribution in [1.82, 2.24) is 14.9 Å². The van der Waals surface area contributed by atoms with E-state index in [1.807, 2.05) is 37.4 Å². The van der Waals surface area contributed by atoms with Crippen LogP contribution in [0.25, 0.3) is 22.1 Å². The minimum Gasteiger partial charge on any atom is -0.441 e. The monoisotopic (exact) mass is 418 g/mol. The number of aromatic nitrogens is 2. The van der Waals surface area contributed by atoms with Crippen molar-refractivity contribution >= 4 is 22.5 Å². The summed E-state index contributed by atoms with van der Waals surface area (Å²) in [6, 6.07) is 8.00. The molecule has 3 aromatic rings. The van der Waals surface area contributed by atoms with Crippen LogP contribution in [0.5, 0.6) is 0 Å². The van der Waals surface area contributed by atoms with Crippen molar-refractivity contribution in [1.29, 1.82) is 0 Å². The number of fused-ring (bicyclic) bond motifs is 1. The second kappa shape index (κ2) is 6.87. The lowest BCUT2D eigenvalue weighted by Gasteiger charge is -2.70. The molecule has 3 aliphatic carbocycles. The second-order valence-electron chi connectivity index (χ2n) is 9.53. The van der Waals surface area contributed by atoms with Crippen molar-refractivity contribution in [2.45, 2.75) is 26.2 Å². The van der Waals surface area contributed by atoms with Crippen molar-refractivity contribution in [2.75, 3.05) is 38.2 Å². The molecule has 7 nitrogen and oxygen atoms in total. The zero-order valence-electron chi connectivity index (χ0n) is 17.7. The standard InChI is InChI=1S/C24H26N4O3/c1-16-25-11-20(31-16)17-2-3-18-10-26-21(9-19(18)8-17)27-22(29)24-12-23(13-24,14-24)15-28-4-6-30-7-5-28/h2-3,8-11H,4-7,12-15H2,1H3,(H,26,27,29). The maximum absolute atomic E-state index is 13.0. The number of pyridine rings is 1. The number of oxazole rings is 1. The van der Waals surface area contributed by atoms with Crippen molar-refractivity contribution in [3.8, 4) is 11.3 Å². The van der Waals surface area contributed by atoms with E-state index in [4.69, 9.17) is 9.15 Å². The average Bonchev–Trinajstić information content (AvgIpc) is 3.16. The minimum atomic E-state index is -0.192. The first-order chi connectivity index (χ1) is 15.0. The highest BCUT2D eigenvalue weighted by Crippen LogP contribution is 2.73. The van der Waals surface area contributed by atoms with Crippen LogP contribution >= 0.6 is 0 Å². The van der Waals surface area contributed by atoms with Gasteiger partial charge >= 0.3 is 0 Å². The molecule has 0 spiro atoms. The Bertz CT molecular complexity index is 1140. The maximum atomic E-state index is 13.0. The summed E-state index contributed by atoms with van der Waals surface area (Å²) in [4.78, 5) is 24.1. The Morgan fingerprint density at radius 2 is 1.90 bits per heavy atom. The molecule has 31 heavy (non-hydrogen) atoms. The second-order valence-corrected chi connectivity index (χ2v) is 9.53. The summed E-state index contributed by atoms with van der Waals surface area (Å²) >= 11 is 0. The van der Waals surface area contributed by atoms with Gasteiger partial charge in [-0.1, -0.05) is 12.1 Å². The van der Waals surface area contributed by atoms with E-state index in [1.165, 1.54) is 0 Å². The number of hydrogen-bond donors (Lipinski definition) is 1. The highest BCUT2D eigenvalue weighted by atomic mass is 16.5. The Kier molecular flexibility index (Phi) is 4.20. The third-order valence-corrected chi connectivity index (χ3v) is 7.15. The van der Waals surface area contributed by atoms with Crippen molar-refractivity contribution in [3.63, 3.8) is 0 Å². The first kappa shape index (κ1) is 19.0. The number of amides is 1. The van der Waals surface area contributed by atoms with Gasteiger partial charge in [-0.25, -0.2) is 9.97 Å². The van der Waals surface area contributed by atoms with Gasteiger partial charge in [0, 0.05) is 43.7 Å². The molecule has 1 amide bonds. The van der Waals surface area contributed by atoms with Crippen molar-refractivity contribution in [3.05, 3.63) is 42.5 Å². The van der Waals surface area contributed by atoms with Gasteiger partial charge in [0.1, 0.15) is 5.82 Å². The van der Waals surface area contributed by atoms with Gasteiger partial charge < -0.3 is 14.5 Å². The SMILES string of the molecule is Cc1ncc(-c2ccc3cnc(NC(=O)C45CC(CN6CCOCC6)(C4)C5)cc3c2)o1. The molecule has 7 rings (SSSR count). The lowest BCUT2D eigenvalue weighted by atomic mass is 9.34. The van der Waals surface area contributed by atoms with E-state index >= 15 is 0 Å². The molecule has 2 bridgehead atoms. The third-order valence-electron chi connectivity index (χ3n) is 7.15. The average molecular weight is 418 g/mol.